The molecule has 0 amide bonds. The van der Waals surface area contributed by atoms with Crippen LogP contribution in [0, 0.1) is 0 Å². The van der Waals surface area contributed by atoms with Gasteiger partial charge in [0, 0.05) is 23.4 Å². The number of benzene rings is 2. The molecule has 2 aliphatic heterocycles. The molecule has 4 heteroatoms. The fourth-order valence-electron chi connectivity index (χ4n) is 3.25. The van der Waals surface area contributed by atoms with Crippen molar-refractivity contribution in [1.29, 1.82) is 0 Å². The second-order valence-corrected chi connectivity index (χ2v) is 6.66. The molecule has 2 aromatic rings. The molecule has 0 radical (unpaired) electrons. The number of allylic oxidation sites excluding steroid dienone is 1. The van der Waals surface area contributed by atoms with Crippen LogP contribution in [0.4, 0.5) is 0 Å². The van der Waals surface area contributed by atoms with Crippen molar-refractivity contribution in [2.75, 3.05) is 13.1 Å². The van der Waals surface area contributed by atoms with E-state index < -0.39 is 0 Å². The van der Waals surface area contributed by atoms with Crippen molar-refractivity contribution >= 4 is 22.6 Å². The van der Waals surface area contributed by atoms with E-state index >= 15 is 0 Å². The fourth-order valence-corrected chi connectivity index (χ4v) is 4.47. The van der Waals surface area contributed by atoms with E-state index in [1.54, 1.807) is 0 Å². The van der Waals surface area contributed by atoms with Crippen molar-refractivity contribution in [2.24, 2.45) is 4.99 Å². The minimum absolute atomic E-state index is 0.879. The lowest BCUT2D eigenvalue weighted by molar-refractivity contribution is 0.482. The number of ether oxygens (including phenoxy) is 1. The molecule has 0 N–H and O–H groups in total. The molecule has 3 nitrogen and oxygen atoms in total. The fraction of sp³-hybridized carbons (Fsp3) is 0.167. The molecule has 1 aliphatic carbocycles. The van der Waals surface area contributed by atoms with E-state index in [9.17, 15) is 0 Å². The van der Waals surface area contributed by atoms with Crippen molar-refractivity contribution in [3.8, 4) is 11.5 Å². The molecule has 0 unspecified atom stereocenters. The van der Waals surface area contributed by atoms with E-state index in [-0.39, 0.29) is 0 Å². The Bertz CT molecular complexity index is 826. The summed E-state index contributed by atoms with van der Waals surface area (Å²) < 4.78 is 5.95. The Balaban J connectivity index is 1.47. The van der Waals surface area contributed by atoms with Gasteiger partial charge in [0.25, 0.3) is 0 Å². The van der Waals surface area contributed by atoms with Crippen LogP contribution in [0.25, 0.3) is 5.70 Å². The Kier molecular flexibility index (Phi) is 2.61. The van der Waals surface area contributed by atoms with Crippen LogP contribution in [0.3, 0.4) is 0 Å². The lowest BCUT2D eigenvalue weighted by Crippen LogP contribution is -2.19. The van der Waals surface area contributed by atoms with Crippen LogP contribution in [-0.4, -0.2) is 23.2 Å². The number of rotatable bonds is 2. The van der Waals surface area contributed by atoms with E-state index in [1.165, 1.54) is 26.9 Å². The van der Waals surface area contributed by atoms with E-state index in [1.807, 2.05) is 42.1 Å². The Hall–Kier alpha value is -2.20. The SMILES string of the molecule is c1ccc(Oc2ccc3c(c2)CC2=C3N3CCN=C3S2)cc1. The van der Waals surface area contributed by atoms with Crippen LogP contribution in [-0.2, 0) is 6.42 Å². The van der Waals surface area contributed by atoms with Gasteiger partial charge >= 0.3 is 0 Å². The molecule has 3 aliphatic rings. The number of para-hydroxylation sites is 1. The monoisotopic (exact) mass is 306 g/mol. The first-order valence-electron chi connectivity index (χ1n) is 7.48. The maximum atomic E-state index is 5.95. The Morgan fingerprint density at radius 3 is 2.86 bits per heavy atom. The van der Waals surface area contributed by atoms with E-state index in [4.69, 9.17) is 4.74 Å². The normalized spacial score (nSPS) is 18.2. The summed E-state index contributed by atoms with van der Waals surface area (Å²) in [6.07, 6.45) is 0.997. The van der Waals surface area contributed by atoms with Gasteiger partial charge in [-0.2, -0.15) is 0 Å². The van der Waals surface area contributed by atoms with Crippen LogP contribution in [0.1, 0.15) is 11.1 Å². The lowest BCUT2D eigenvalue weighted by atomic mass is 10.1. The average molecular weight is 306 g/mol. The number of hydrogen-bond acceptors (Lipinski definition) is 4. The third-order valence-corrected chi connectivity index (χ3v) is 5.33. The number of thioether (sulfide) groups is 1. The van der Waals surface area contributed by atoms with Gasteiger partial charge < -0.3 is 9.64 Å². The third kappa shape index (κ3) is 1.80. The number of nitrogens with zero attached hydrogens (tertiary/aromatic N) is 2. The molecule has 0 saturated carbocycles. The van der Waals surface area contributed by atoms with Crippen molar-refractivity contribution in [1.82, 2.24) is 4.90 Å². The number of fused-ring (bicyclic) bond motifs is 4. The summed E-state index contributed by atoms with van der Waals surface area (Å²) in [7, 11) is 0. The summed E-state index contributed by atoms with van der Waals surface area (Å²) in [5.74, 6) is 1.79. The standard InChI is InChI=1S/C18H14N2OS/c1-2-4-13(5-3-1)21-14-6-7-15-12(10-14)11-16-17(15)20-9-8-19-18(20)22-16/h1-7,10H,8-9,11H2. The van der Waals surface area contributed by atoms with Gasteiger partial charge in [-0.3, -0.25) is 4.99 Å². The largest absolute Gasteiger partial charge is 0.457 e. The zero-order valence-corrected chi connectivity index (χ0v) is 12.8. The summed E-state index contributed by atoms with van der Waals surface area (Å²) in [6.45, 7) is 1.94. The highest BCUT2D eigenvalue weighted by atomic mass is 32.2. The second-order valence-electron chi connectivity index (χ2n) is 5.60. The molecule has 0 bridgehead atoms. The highest BCUT2D eigenvalue weighted by molar-refractivity contribution is 8.17. The molecule has 22 heavy (non-hydrogen) atoms. The molecular formula is C18H14N2OS. The summed E-state index contributed by atoms with van der Waals surface area (Å²) in [6, 6.07) is 16.4. The summed E-state index contributed by atoms with van der Waals surface area (Å²) >= 11 is 1.83. The number of aliphatic imine (C=N–C) groups is 1. The maximum absolute atomic E-state index is 5.95. The first-order chi connectivity index (χ1) is 10.9. The molecular weight excluding hydrogens is 292 g/mol. The van der Waals surface area contributed by atoms with Gasteiger partial charge in [-0.15, -0.1) is 0 Å². The average Bonchev–Trinajstić information content (AvgIpc) is 3.18. The summed E-state index contributed by atoms with van der Waals surface area (Å²) in [5, 5.41) is 1.18. The smallest absolute Gasteiger partial charge is 0.168 e. The van der Waals surface area contributed by atoms with E-state index in [2.05, 4.69) is 28.1 Å². The van der Waals surface area contributed by atoms with Crippen molar-refractivity contribution in [2.45, 2.75) is 6.42 Å². The predicted octanol–water partition coefficient (Wildman–Crippen LogP) is 4.12. The molecule has 0 aromatic heterocycles. The van der Waals surface area contributed by atoms with Gasteiger partial charge in [-0.05, 0) is 35.9 Å². The van der Waals surface area contributed by atoms with E-state index in [0.29, 0.717) is 0 Å². The Morgan fingerprint density at radius 2 is 1.95 bits per heavy atom. The minimum atomic E-state index is 0.879. The highest BCUT2D eigenvalue weighted by Crippen LogP contribution is 2.49. The molecule has 0 fully saturated rings. The molecule has 2 heterocycles. The second kappa shape index (κ2) is 4.65. The van der Waals surface area contributed by atoms with Crippen molar-refractivity contribution in [3.63, 3.8) is 0 Å². The number of amidine groups is 1. The zero-order chi connectivity index (χ0) is 14.5. The maximum Gasteiger partial charge on any atom is 0.168 e. The zero-order valence-electron chi connectivity index (χ0n) is 12.0. The van der Waals surface area contributed by atoms with Gasteiger partial charge in [-0.1, -0.05) is 30.0 Å². The molecule has 108 valence electrons. The van der Waals surface area contributed by atoms with Gasteiger partial charge in [0.2, 0.25) is 0 Å². The van der Waals surface area contributed by atoms with Crippen molar-refractivity contribution in [3.05, 3.63) is 64.6 Å². The first-order valence-corrected chi connectivity index (χ1v) is 8.29. The minimum Gasteiger partial charge on any atom is -0.457 e. The predicted molar refractivity (Wildman–Crippen MR) is 90.2 cm³/mol. The van der Waals surface area contributed by atoms with Crippen LogP contribution in [0.5, 0.6) is 11.5 Å². The quantitative estimate of drug-likeness (QED) is 0.834. The Labute approximate surface area is 133 Å². The molecule has 0 spiro atoms. The first kappa shape index (κ1) is 12.4. The van der Waals surface area contributed by atoms with Gasteiger partial charge in [0.15, 0.2) is 5.17 Å². The van der Waals surface area contributed by atoms with E-state index in [0.717, 1.165) is 31.0 Å². The topological polar surface area (TPSA) is 24.8 Å². The molecule has 5 rings (SSSR count). The summed E-state index contributed by atoms with van der Waals surface area (Å²) in [4.78, 5) is 8.37. The van der Waals surface area contributed by atoms with Crippen molar-refractivity contribution < 1.29 is 4.74 Å². The van der Waals surface area contributed by atoms with Crippen LogP contribution < -0.4 is 4.74 Å². The van der Waals surface area contributed by atoms with Crippen LogP contribution >= 0.6 is 11.8 Å². The highest BCUT2D eigenvalue weighted by Gasteiger charge is 2.37. The van der Waals surface area contributed by atoms with Gasteiger partial charge in [-0.25, -0.2) is 0 Å². The Morgan fingerprint density at radius 1 is 1.05 bits per heavy atom. The molecule has 0 atom stereocenters. The van der Waals surface area contributed by atoms with Gasteiger partial charge in [0.1, 0.15) is 11.5 Å². The lowest BCUT2D eigenvalue weighted by Gasteiger charge is -2.17. The van der Waals surface area contributed by atoms with Gasteiger partial charge in [0.05, 0.1) is 12.2 Å². The molecule has 0 saturated heterocycles. The number of hydrogen-bond donors (Lipinski definition) is 0. The van der Waals surface area contributed by atoms with Crippen LogP contribution in [0.15, 0.2) is 58.4 Å². The van der Waals surface area contributed by atoms with Crippen LogP contribution in [0.2, 0.25) is 0 Å². The summed E-state index contributed by atoms with van der Waals surface area (Å²) in [5.41, 5.74) is 4.08. The molecule has 2 aromatic carbocycles. The third-order valence-electron chi connectivity index (χ3n) is 4.21.